The first-order valence-electron chi connectivity index (χ1n) is 5.57. The Kier molecular flexibility index (Phi) is 1.93. The third-order valence-electron chi connectivity index (χ3n) is 4.44. The lowest BCUT2D eigenvalue weighted by molar-refractivity contribution is -0.115. The fourth-order valence-corrected chi connectivity index (χ4v) is 3.00. The zero-order chi connectivity index (χ0) is 11.4. The number of ketones is 1. The number of hydrogen-bond acceptors (Lipinski definition) is 1. The van der Waals surface area contributed by atoms with Crippen LogP contribution in [0.4, 0.5) is 0 Å². The molecule has 15 heavy (non-hydrogen) atoms. The molecule has 0 aromatic rings. The van der Waals surface area contributed by atoms with Crippen LogP contribution in [0.15, 0.2) is 11.1 Å². The zero-order valence-corrected chi connectivity index (χ0v) is 10.2. The van der Waals surface area contributed by atoms with E-state index in [-0.39, 0.29) is 16.6 Å². The normalized spacial score (nSPS) is 31.0. The van der Waals surface area contributed by atoms with E-state index in [0.717, 1.165) is 11.1 Å². The molecular formula is C14H18O. The Morgan fingerprint density at radius 1 is 1.20 bits per heavy atom. The average molecular weight is 202 g/mol. The van der Waals surface area contributed by atoms with Crippen LogP contribution in [-0.4, -0.2) is 5.78 Å². The molecule has 0 fully saturated rings. The maximum Gasteiger partial charge on any atom is 0.172 e. The van der Waals surface area contributed by atoms with E-state index in [4.69, 9.17) is 0 Å². The van der Waals surface area contributed by atoms with Crippen molar-refractivity contribution in [2.45, 2.75) is 41.0 Å². The molecule has 0 aromatic heterocycles. The van der Waals surface area contributed by atoms with Crippen LogP contribution in [0.1, 0.15) is 41.0 Å². The molecule has 80 valence electrons. The molecule has 1 nitrogen and oxygen atoms in total. The molecule has 0 aliphatic heterocycles. The number of hydrogen-bond donors (Lipinski definition) is 0. The second kappa shape index (κ2) is 2.76. The summed E-state index contributed by atoms with van der Waals surface area (Å²) in [5.41, 5.74) is 2.11. The molecule has 2 rings (SSSR count). The highest BCUT2D eigenvalue weighted by atomic mass is 16.1. The van der Waals surface area contributed by atoms with E-state index in [0.29, 0.717) is 12.3 Å². The molecule has 0 amide bonds. The molecule has 2 aliphatic rings. The van der Waals surface area contributed by atoms with Crippen LogP contribution in [0, 0.1) is 28.6 Å². The monoisotopic (exact) mass is 202 g/mol. The van der Waals surface area contributed by atoms with Crippen molar-refractivity contribution in [3.05, 3.63) is 11.1 Å². The quantitative estimate of drug-likeness (QED) is 0.552. The molecular weight excluding hydrogens is 184 g/mol. The van der Waals surface area contributed by atoms with Crippen LogP contribution >= 0.6 is 0 Å². The molecule has 2 aliphatic carbocycles. The highest BCUT2D eigenvalue weighted by Gasteiger charge is 2.52. The van der Waals surface area contributed by atoms with Crippen molar-refractivity contribution in [3.8, 4) is 11.8 Å². The molecule has 1 atom stereocenters. The van der Waals surface area contributed by atoms with Crippen molar-refractivity contribution in [2.75, 3.05) is 0 Å². The Balaban J connectivity index is 2.68. The SMILES string of the molecule is CC1C(C)(C)C2=C(C(=O)CC#C2)C1(C)C. The van der Waals surface area contributed by atoms with E-state index >= 15 is 0 Å². The van der Waals surface area contributed by atoms with Gasteiger partial charge in [0.1, 0.15) is 0 Å². The van der Waals surface area contributed by atoms with Crippen molar-refractivity contribution in [1.29, 1.82) is 0 Å². The fraction of sp³-hybridized carbons (Fsp3) is 0.643. The first kappa shape index (κ1) is 10.5. The summed E-state index contributed by atoms with van der Waals surface area (Å²) >= 11 is 0. The highest BCUT2D eigenvalue weighted by Crippen LogP contribution is 2.57. The highest BCUT2D eigenvalue weighted by molar-refractivity contribution is 6.02. The van der Waals surface area contributed by atoms with Gasteiger partial charge in [-0.3, -0.25) is 4.79 Å². The van der Waals surface area contributed by atoms with E-state index < -0.39 is 0 Å². The summed E-state index contributed by atoms with van der Waals surface area (Å²) in [5.74, 6) is 6.87. The Bertz CT molecular complexity index is 424. The second-order valence-electron chi connectivity index (χ2n) is 5.82. The lowest BCUT2D eigenvalue weighted by atomic mass is 9.69. The lowest BCUT2D eigenvalue weighted by Crippen LogP contribution is -2.29. The van der Waals surface area contributed by atoms with Crippen molar-refractivity contribution >= 4 is 5.78 Å². The molecule has 1 heteroatoms. The minimum atomic E-state index is -0.0228. The van der Waals surface area contributed by atoms with Gasteiger partial charge in [0.05, 0.1) is 6.42 Å². The molecule has 0 aromatic carbocycles. The van der Waals surface area contributed by atoms with Gasteiger partial charge in [0, 0.05) is 16.6 Å². The standard InChI is InChI=1S/C14H18O/c1-9-13(2,3)10-7-6-8-11(15)12(10)14(9,4)5/h9H,8H2,1-5H3. The van der Waals surface area contributed by atoms with Crippen molar-refractivity contribution in [3.63, 3.8) is 0 Å². The summed E-state index contributed by atoms with van der Waals surface area (Å²) in [6.07, 6.45) is 0.408. The molecule has 1 unspecified atom stereocenters. The third kappa shape index (κ3) is 1.14. The summed E-state index contributed by atoms with van der Waals surface area (Å²) in [7, 11) is 0. The molecule has 0 heterocycles. The van der Waals surface area contributed by atoms with E-state index in [1.54, 1.807) is 0 Å². The summed E-state index contributed by atoms with van der Waals surface area (Å²) in [6.45, 7) is 11.0. The number of carbonyl (C=O) groups excluding carboxylic acids is 1. The minimum Gasteiger partial charge on any atom is -0.293 e. The van der Waals surface area contributed by atoms with E-state index in [9.17, 15) is 4.79 Å². The number of rotatable bonds is 0. The van der Waals surface area contributed by atoms with Gasteiger partial charge in [-0.25, -0.2) is 0 Å². The topological polar surface area (TPSA) is 17.1 Å². The maximum atomic E-state index is 12.0. The van der Waals surface area contributed by atoms with E-state index in [1.165, 1.54) is 0 Å². The van der Waals surface area contributed by atoms with Crippen molar-refractivity contribution in [1.82, 2.24) is 0 Å². The number of carbonyl (C=O) groups is 1. The second-order valence-corrected chi connectivity index (χ2v) is 5.82. The van der Waals surface area contributed by atoms with E-state index in [1.807, 2.05) is 0 Å². The van der Waals surface area contributed by atoms with Crippen LogP contribution < -0.4 is 0 Å². The molecule has 0 radical (unpaired) electrons. The Hall–Kier alpha value is -1.03. The number of allylic oxidation sites excluding steroid dienone is 2. The predicted molar refractivity (Wildman–Crippen MR) is 61.2 cm³/mol. The number of Topliss-reactive ketones (excluding diaryl/α,β-unsaturated/α-hetero) is 1. The van der Waals surface area contributed by atoms with Crippen LogP contribution in [0.25, 0.3) is 0 Å². The summed E-state index contributed by atoms with van der Waals surface area (Å²) in [4.78, 5) is 12.0. The van der Waals surface area contributed by atoms with Gasteiger partial charge in [-0.15, -0.1) is 0 Å². The first-order valence-corrected chi connectivity index (χ1v) is 5.57. The smallest absolute Gasteiger partial charge is 0.172 e. The van der Waals surface area contributed by atoms with Crippen LogP contribution in [0.3, 0.4) is 0 Å². The molecule has 0 saturated carbocycles. The summed E-state index contributed by atoms with van der Waals surface area (Å²) < 4.78 is 0. The molecule has 0 bridgehead atoms. The van der Waals surface area contributed by atoms with Gasteiger partial charge < -0.3 is 0 Å². The van der Waals surface area contributed by atoms with Gasteiger partial charge in [0.25, 0.3) is 0 Å². The fourth-order valence-electron chi connectivity index (χ4n) is 3.00. The van der Waals surface area contributed by atoms with Gasteiger partial charge in [0.15, 0.2) is 5.78 Å². The zero-order valence-electron chi connectivity index (χ0n) is 10.2. The largest absolute Gasteiger partial charge is 0.293 e. The Labute approximate surface area is 91.9 Å². The molecule has 0 saturated heterocycles. The van der Waals surface area contributed by atoms with E-state index in [2.05, 4.69) is 46.5 Å². The summed E-state index contributed by atoms with van der Waals surface area (Å²) in [6, 6.07) is 0. The van der Waals surface area contributed by atoms with Crippen LogP contribution in [0.5, 0.6) is 0 Å². The first-order chi connectivity index (χ1) is 6.79. The van der Waals surface area contributed by atoms with Crippen molar-refractivity contribution < 1.29 is 4.79 Å². The Morgan fingerprint density at radius 2 is 1.80 bits per heavy atom. The predicted octanol–water partition coefficient (Wildman–Crippen LogP) is 2.96. The maximum absolute atomic E-state index is 12.0. The van der Waals surface area contributed by atoms with Gasteiger partial charge in [-0.05, 0) is 11.3 Å². The van der Waals surface area contributed by atoms with Gasteiger partial charge in [-0.2, -0.15) is 0 Å². The van der Waals surface area contributed by atoms with Crippen LogP contribution in [0.2, 0.25) is 0 Å². The Morgan fingerprint density at radius 3 is 2.33 bits per heavy atom. The van der Waals surface area contributed by atoms with Crippen LogP contribution in [-0.2, 0) is 4.79 Å². The minimum absolute atomic E-state index is 0.0228. The average Bonchev–Trinajstić information content (AvgIpc) is 2.27. The van der Waals surface area contributed by atoms with Gasteiger partial charge >= 0.3 is 0 Å². The lowest BCUT2D eigenvalue weighted by Gasteiger charge is -2.33. The molecule has 0 N–H and O–H groups in total. The third-order valence-corrected chi connectivity index (χ3v) is 4.44. The summed E-state index contributed by atoms with van der Waals surface area (Å²) in [5, 5.41) is 0. The molecule has 0 spiro atoms. The van der Waals surface area contributed by atoms with Gasteiger partial charge in [-0.1, -0.05) is 46.5 Å². The van der Waals surface area contributed by atoms with Crippen molar-refractivity contribution in [2.24, 2.45) is 16.7 Å². The van der Waals surface area contributed by atoms with Gasteiger partial charge in [0.2, 0.25) is 0 Å².